The Hall–Kier alpha value is -2.56. The van der Waals surface area contributed by atoms with Gasteiger partial charge in [-0.2, -0.15) is 0 Å². The van der Waals surface area contributed by atoms with E-state index in [0.717, 1.165) is 48.4 Å². The number of hydrogen-bond acceptors (Lipinski definition) is 3. The van der Waals surface area contributed by atoms with Crippen LogP contribution in [0.25, 0.3) is 10.8 Å². The quantitative estimate of drug-likeness (QED) is 0.589. The van der Waals surface area contributed by atoms with Crippen LogP contribution >= 0.6 is 12.4 Å². The number of hydrogen-bond donors (Lipinski definition) is 1. The van der Waals surface area contributed by atoms with E-state index in [9.17, 15) is 4.79 Å². The van der Waals surface area contributed by atoms with E-state index in [2.05, 4.69) is 22.3 Å². The van der Waals surface area contributed by atoms with Crippen molar-refractivity contribution in [1.29, 1.82) is 0 Å². The van der Waals surface area contributed by atoms with Crippen molar-refractivity contribution in [3.8, 4) is 5.75 Å². The van der Waals surface area contributed by atoms with E-state index in [1.54, 1.807) is 7.11 Å². The molecule has 0 saturated heterocycles. The fraction of sp³-hybridized carbons (Fsp3) is 0.346. The Balaban J connectivity index is 0.00000231. The highest BCUT2D eigenvalue weighted by Crippen LogP contribution is 2.31. The molecule has 0 spiro atoms. The Bertz CT molecular complexity index is 1090. The summed E-state index contributed by atoms with van der Waals surface area (Å²) in [6.07, 6.45) is 6.23. The van der Waals surface area contributed by atoms with Gasteiger partial charge in [-0.25, -0.2) is 0 Å². The summed E-state index contributed by atoms with van der Waals surface area (Å²) in [5.74, 6) is 0.485. The molecule has 1 heterocycles. The number of carbonyl (C=O) groups is 1. The van der Waals surface area contributed by atoms with E-state index >= 15 is 0 Å². The number of methoxy groups -OCH3 is 1. The van der Waals surface area contributed by atoms with Crippen molar-refractivity contribution in [2.24, 2.45) is 0 Å². The van der Waals surface area contributed by atoms with Crippen LogP contribution in [0.5, 0.6) is 5.75 Å². The van der Waals surface area contributed by atoms with Crippen molar-refractivity contribution < 1.29 is 9.53 Å². The number of benzene rings is 3. The maximum absolute atomic E-state index is 13.1. The number of anilines is 1. The lowest BCUT2D eigenvalue weighted by Gasteiger charge is -2.36. The van der Waals surface area contributed by atoms with Crippen LogP contribution in [0.2, 0.25) is 0 Å². The maximum Gasteiger partial charge on any atom is 0.259 e. The van der Waals surface area contributed by atoms with Crippen molar-refractivity contribution in [3.63, 3.8) is 0 Å². The van der Waals surface area contributed by atoms with Gasteiger partial charge in [0, 0.05) is 30.2 Å². The number of nitrogens with zero attached hydrogens (tertiary/aromatic N) is 1. The minimum atomic E-state index is -0.137. The zero-order valence-corrected chi connectivity index (χ0v) is 18.7. The molecule has 5 rings (SSSR count). The van der Waals surface area contributed by atoms with Gasteiger partial charge in [-0.15, -0.1) is 12.4 Å². The Morgan fingerprint density at radius 2 is 1.77 bits per heavy atom. The fourth-order valence-electron chi connectivity index (χ4n) is 4.78. The summed E-state index contributed by atoms with van der Waals surface area (Å²) in [5, 5.41) is 5.10. The topological polar surface area (TPSA) is 41.6 Å². The normalized spacial score (nSPS) is 16.5. The van der Waals surface area contributed by atoms with Crippen molar-refractivity contribution >= 4 is 34.8 Å². The minimum absolute atomic E-state index is 0. The number of fused-ring (bicyclic) bond motifs is 2. The molecule has 2 aliphatic rings. The Morgan fingerprint density at radius 1 is 1.00 bits per heavy atom. The second-order valence-corrected chi connectivity index (χ2v) is 8.43. The molecular weight excluding hydrogens is 408 g/mol. The lowest BCUT2D eigenvalue weighted by atomic mass is 9.91. The number of nitrogens with one attached hydrogen (secondary N) is 1. The molecule has 3 aromatic carbocycles. The van der Waals surface area contributed by atoms with Gasteiger partial charge >= 0.3 is 0 Å². The lowest BCUT2D eigenvalue weighted by molar-refractivity contribution is 0.102. The first-order valence-corrected chi connectivity index (χ1v) is 11.0. The smallest absolute Gasteiger partial charge is 0.259 e. The third-order valence-corrected chi connectivity index (χ3v) is 6.72. The number of carbonyl (C=O) groups excluding carboxylic acids is 1. The summed E-state index contributed by atoms with van der Waals surface area (Å²) in [6, 6.07) is 18.9. The van der Waals surface area contributed by atoms with E-state index in [1.807, 2.05) is 42.5 Å². The van der Waals surface area contributed by atoms with Gasteiger partial charge in [-0.3, -0.25) is 9.69 Å². The third kappa shape index (κ3) is 4.28. The summed E-state index contributed by atoms with van der Waals surface area (Å²) in [7, 11) is 1.62. The van der Waals surface area contributed by atoms with Gasteiger partial charge in [-0.1, -0.05) is 42.8 Å². The van der Waals surface area contributed by atoms with Gasteiger partial charge in [0.1, 0.15) is 5.75 Å². The van der Waals surface area contributed by atoms with Crippen LogP contribution in [0.15, 0.2) is 54.6 Å². The van der Waals surface area contributed by atoms with E-state index in [1.165, 1.54) is 30.4 Å². The molecule has 5 heteroatoms. The van der Waals surface area contributed by atoms with E-state index in [-0.39, 0.29) is 18.3 Å². The van der Waals surface area contributed by atoms with Gasteiger partial charge in [0.25, 0.3) is 5.91 Å². The molecule has 0 radical (unpaired) electrons. The molecule has 0 aromatic heterocycles. The Morgan fingerprint density at radius 3 is 2.52 bits per heavy atom. The van der Waals surface area contributed by atoms with Crippen LogP contribution in [-0.4, -0.2) is 37.0 Å². The molecular formula is C26H29ClN2O2. The molecule has 1 amide bonds. The van der Waals surface area contributed by atoms with Crippen molar-refractivity contribution in [2.45, 2.75) is 38.1 Å². The third-order valence-electron chi connectivity index (χ3n) is 6.72. The average molecular weight is 437 g/mol. The number of amides is 1. The van der Waals surface area contributed by atoms with Gasteiger partial charge in [0.15, 0.2) is 0 Å². The van der Waals surface area contributed by atoms with Crippen LogP contribution in [0.1, 0.15) is 40.7 Å². The summed E-state index contributed by atoms with van der Waals surface area (Å²) in [4.78, 5) is 15.7. The molecule has 162 valence electrons. The average Bonchev–Trinajstić information content (AvgIpc) is 2.94. The molecule has 1 aliphatic heterocycles. The molecule has 31 heavy (non-hydrogen) atoms. The van der Waals surface area contributed by atoms with Crippen molar-refractivity contribution in [2.75, 3.05) is 25.5 Å². The standard InChI is InChI=1S/C26H28N2O2.ClH/c1-30-25-23-8-3-2-5-19(23)10-12-24(25)26(29)27-21-11-9-18-13-15-28(22-6-4-7-22)16-14-20(18)17-21;/h2-3,5,8-12,17,22H,4,6-7,13-16H2,1H3,(H,27,29);1H. The first kappa shape index (κ1) is 21.7. The number of rotatable bonds is 4. The van der Waals surface area contributed by atoms with Gasteiger partial charge < -0.3 is 10.1 Å². The molecule has 3 aromatic rings. The monoisotopic (exact) mass is 436 g/mol. The lowest BCUT2D eigenvalue weighted by Crippen LogP contribution is -2.41. The first-order valence-electron chi connectivity index (χ1n) is 11.0. The molecule has 0 atom stereocenters. The first-order chi connectivity index (χ1) is 14.7. The Kier molecular flexibility index (Phi) is 6.49. The van der Waals surface area contributed by atoms with Crippen LogP contribution in [0, 0.1) is 0 Å². The second kappa shape index (κ2) is 9.29. The molecule has 4 nitrogen and oxygen atoms in total. The van der Waals surface area contributed by atoms with Gasteiger partial charge in [0.05, 0.1) is 12.7 Å². The Labute approximate surface area is 190 Å². The molecule has 1 N–H and O–H groups in total. The van der Waals surface area contributed by atoms with Crippen molar-refractivity contribution in [1.82, 2.24) is 4.90 Å². The summed E-state index contributed by atoms with van der Waals surface area (Å²) >= 11 is 0. The largest absolute Gasteiger partial charge is 0.495 e. The maximum atomic E-state index is 13.1. The summed E-state index contributed by atoms with van der Waals surface area (Å²) < 4.78 is 5.61. The van der Waals surface area contributed by atoms with E-state index < -0.39 is 0 Å². The summed E-state index contributed by atoms with van der Waals surface area (Å²) in [5.41, 5.74) is 4.19. The molecule has 0 bridgehead atoms. The molecule has 1 aliphatic carbocycles. The van der Waals surface area contributed by atoms with Crippen molar-refractivity contribution in [3.05, 3.63) is 71.3 Å². The predicted molar refractivity (Wildman–Crippen MR) is 129 cm³/mol. The predicted octanol–water partition coefficient (Wildman–Crippen LogP) is 5.48. The highest BCUT2D eigenvalue weighted by atomic mass is 35.5. The SMILES string of the molecule is COc1c(C(=O)Nc2ccc3c(c2)CCN(C2CCC2)CC3)ccc2ccccc12.Cl. The number of halogens is 1. The van der Waals surface area contributed by atoms with Crippen LogP contribution in [-0.2, 0) is 12.8 Å². The van der Waals surface area contributed by atoms with Crippen LogP contribution < -0.4 is 10.1 Å². The molecule has 0 unspecified atom stereocenters. The highest BCUT2D eigenvalue weighted by molar-refractivity contribution is 6.10. The van der Waals surface area contributed by atoms with Gasteiger partial charge in [0.2, 0.25) is 0 Å². The van der Waals surface area contributed by atoms with E-state index in [4.69, 9.17) is 4.74 Å². The zero-order valence-electron chi connectivity index (χ0n) is 17.9. The zero-order chi connectivity index (χ0) is 20.5. The van der Waals surface area contributed by atoms with Gasteiger partial charge in [-0.05, 0) is 60.4 Å². The van der Waals surface area contributed by atoms with Crippen LogP contribution in [0.3, 0.4) is 0 Å². The van der Waals surface area contributed by atoms with E-state index in [0.29, 0.717) is 11.3 Å². The summed E-state index contributed by atoms with van der Waals surface area (Å²) in [6.45, 7) is 2.27. The highest BCUT2D eigenvalue weighted by Gasteiger charge is 2.26. The number of ether oxygens (including phenoxy) is 1. The second-order valence-electron chi connectivity index (χ2n) is 8.43. The minimum Gasteiger partial charge on any atom is -0.495 e. The fourth-order valence-corrected chi connectivity index (χ4v) is 4.78. The molecule has 1 fully saturated rings. The van der Waals surface area contributed by atoms with Crippen LogP contribution in [0.4, 0.5) is 5.69 Å². The molecule has 1 saturated carbocycles.